The first-order chi connectivity index (χ1) is 28.2. The van der Waals surface area contributed by atoms with Crippen molar-refractivity contribution in [3.8, 4) is 102 Å². The first kappa shape index (κ1) is 33.7. The van der Waals surface area contributed by atoms with Gasteiger partial charge in [0.2, 0.25) is 0 Å². The van der Waals surface area contributed by atoms with Gasteiger partial charge in [-0.3, -0.25) is 0 Å². The molecule has 6 nitrogen and oxygen atoms in total. The molecule has 3 N–H and O–H groups in total. The molecule has 6 heteroatoms. The zero-order valence-electron chi connectivity index (χ0n) is 30.9. The molecule has 0 spiro atoms. The van der Waals surface area contributed by atoms with E-state index < -0.39 is 0 Å². The maximum Gasteiger partial charge on any atom is 0.138 e. The van der Waals surface area contributed by atoms with Gasteiger partial charge in [0, 0.05) is 50.1 Å². The molecular weight excluding hydrogens is 697 g/mol. The van der Waals surface area contributed by atoms with E-state index in [1.54, 1.807) is 0 Å². The van der Waals surface area contributed by atoms with Crippen LogP contribution in [0, 0.1) is 0 Å². The third-order valence-electron chi connectivity index (χ3n) is 10.2. The highest BCUT2D eigenvalue weighted by atomic mass is 15.0. The second-order valence-electron chi connectivity index (χ2n) is 13.9. The Morgan fingerprint density at radius 2 is 0.474 bits per heavy atom. The lowest BCUT2D eigenvalue weighted by molar-refractivity contribution is 1.30. The lowest BCUT2D eigenvalue weighted by Gasteiger charge is -2.12. The van der Waals surface area contributed by atoms with Gasteiger partial charge in [0.05, 0.1) is 34.2 Å². The third kappa shape index (κ3) is 6.66. The fraction of sp³-hybridized carbons (Fsp3) is 0. The SMILES string of the molecule is c1ccc(-c2nc(-c3cc(-c4[nH]c(-c5ccccc5)nc4-c4ccccc4)cc(-c4[nH]c(-c5ccccc5)nc4-c4ccccc4)c3)c(-c3ccccc3)[nH]2)cc1. The van der Waals surface area contributed by atoms with Crippen molar-refractivity contribution in [2.75, 3.05) is 0 Å². The van der Waals surface area contributed by atoms with Crippen molar-refractivity contribution in [1.29, 1.82) is 0 Å². The molecule has 3 aromatic heterocycles. The molecule has 0 atom stereocenters. The molecule has 57 heavy (non-hydrogen) atoms. The van der Waals surface area contributed by atoms with E-state index in [0.29, 0.717) is 0 Å². The van der Waals surface area contributed by atoms with Gasteiger partial charge in [-0.15, -0.1) is 0 Å². The summed E-state index contributed by atoms with van der Waals surface area (Å²) in [7, 11) is 0. The summed E-state index contributed by atoms with van der Waals surface area (Å²) in [5, 5.41) is 0. The minimum atomic E-state index is 0.797. The predicted molar refractivity (Wildman–Crippen MR) is 232 cm³/mol. The molecule has 0 unspecified atom stereocenters. The van der Waals surface area contributed by atoms with Gasteiger partial charge in [-0.2, -0.15) is 0 Å². The minimum absolute atomic E-state index is 0.797. The van der Waals surface area contributed by atoms with Crippen LogP contribution < -0.4 is 0 Å². The molecule has 0 saturated heterocycles. The van der Waals surface area contributed by atoms with Crippen LogP contribution in [0.4, 0.5) is 0 Å². The number of imidazole rings is 3. The Labute approximate surface area is 330 Å². The molecule has 0 aliphatic heterocycles. The highest BCUT2D eigenvalue weighted by Crippen LogP contribution is 2.42. The van der Waals surface area contributed by atoms with Crippen molar-refractivity contribution in [2.45, 2.75) is 0 Å². The topological polar surface area (TPSA) is 86.0 Å². The van der Waals surface area contributed by atoms with E-state index in [1.807, 2.05) is 72.8 Å². The van der Waals surface area contributed by atoms with Crippen molar-refractivity contribution >= 4 is 0 Å². The predicted octanol–water partition coefficient (Wildman–Crippen LogP) is 12.9. The zero-order chi connectivity index (χ0) is 38.0. The summed E-state index contributed by atoms with van der Waals surface area (Å²) in [4.78, 5) is 27.1. The third-order valence-corrected chi connectivity index (χ3v) is 10.2. The van der Waals surface area contributed by atoms with Crippen LogP contribution in [0.15, 0.2) is 200 Å². The van der Waals surface area contributed by atoms with Crippen LogP contribution in [0.5, 0.6) is 0 Å². The summed E-state index contributed by atoms with van der Waals surface area (Å²) < 4.78 is 0. The molecular formula is C51H36N6. The number of rotatable bonds is 9. The molecule has 0 saturated carbocycles. The molecule has 0 amide bonds. The summed E-state index contributed by atoms with van der Waals surface area (Å²) in [6.45, 7) is 0. The Hall–Kier alpha value is -7.83. The molecule has 0 bridgehead atoms. The van der Waals surface area contributed by atoms with E-state index in [4.69, 9.17) is 15.0 Å². The zero-order valence-corrected chi connectivity index (χ0v) is 30.9. The number of aromatic nitrogens is 6. The van der Waals surface area contributed by atoms with Crippen molar-refractivity contribution in [3.05, 3.63) is 200 Å². The Kier molecular flexibility index (Phi) is 8.74. The Bertz CT molecular complexity index is 2580. The maximum atomic E-state index is 5.36. The number of H-pyrrole nitrogens is 3. The molecule has 0 radical (unpaired) electrons. The van der Waals surface area contributed by atoms with E-state index in [9.17, 15) is 0 Å². The first-order valence-electron chi connectivity index (χ1n) is 19.0. The van der Waals surface area contributed by atoms with E-state index in [2.05, 4.69) is 142 Å². The second kappa shape index (κ2) is 14.8. The van der Waals surface area contributed by atoms with E-state index in [1.165, 1.54) is 0 Å². The van der Waals surface area contributed by atoms with Crippen molar-refractivity contribution < 1.29 is 0 Å². The molecule has 7 aromatic carbocycles. The van der Waals surface area contributed by atoms with Crippen molar-refractivity contribution in [2.24, 2.45) is 0 Å². The van der Waals surface area contributed by atoms with Crippen molar-refractivity contribution in [3.63, 3.8) is 0 Å². The summed E-state index contributed by atoms with van der Waals surface area (Å²) in [5.41, 5.74) is 14.3. The lowest BCUT2D eigenvalue weighted by Crippen LogP contribution is -1.92. The normalized spacial score (nSPS) is 11.2. The number of hydrogen-bond donors (Lipinski definition) is 3. The van der Waals surface area contributed by atoms with Gasteiger partial charge in [0.1, 0.15) is 17.5 Å². The highest BCUT2D eigenvalue weighted by molar-refractivity contribution is 5.92. The highest BCUT2D eigenvalue weighted by Gasteiger charge is 2.23. The van der Waals surface area contributed by atoms with Crippen LogP contribution in [-0.2, 0) is 0 Å². The Morgan fingerprint density at radius 3 is 0.807 bits per heavy atom. The summed E-state index contributed by atoms with van der Waals surface area (Å²) >= 11 is 0. The minimum Gasteiger partial charge on any atom is -0.337 e. The van der Waals surface area contributed by atoms with Gasteiger partial charge in [0.25, 0.3) is 0 Å². The lowest BCUT2D eigenvalue weighted by atomic mass is 9.95. The molecule has 0 aliphatic rings. The number of nitrogens with one attached hydrogen (secondary N) is 3. The van der Waals surface area contributed by atoms with Crippen LogP contribution in [0.2, 0.25) is 0 Å². The molecule has 10 aromatic rings. The fourth-order valence-electron chi connectivity index (χ4n) is 7.42. The summed E-state index contributed by atoms with van der Waals surface area (Å²) in [6, 6.07) is 68.7. The number of hydrogen-bond acceptors (Lipinski definition) is 3. The molecule has 3 heterocycles. The average Bonchev–Trinajstić information content (AvgIpc) is 4.07. The van der Waals surface area contributed by atoms with Crippen molar-refractivity contribution in [1.82, 2.24) is 29.9 Å². The van der Waals surface area contributed by atoms with E-state index >= 15 is 0 Å². The largest absolute Gasteiger partial charge is 0.337 e. The van der Waals surface area contributed by atoms with E-state index in [0.717, 1.165) is 102 Å². The van der Waals surface area contributed by atoms with Crippen LogP contribution in [0.25, 0.3) is 102 Å². The van der Waals surface area contributed by atoms with Crippen LogP contribution in [0.1, 0.15) is 0 Å². The molecule has 10 rings (SSSR count). The van der Waals surface area contributed by atoms with E-state index in [-0.39, 0.29) is 0 Å². The standard InChI is InChI=1S/C51H36N6/c1-7-19-34(20-8-1)43-46(55-49(52-43)37-25-13-4-14-26-37)40-31-41(47-44(35-21-9-2-10-22-35)53-50(56-47)38-27-15-5-16-28-38)33-42(32-40)48-45(36-23-11-3-12-24-36)54-51(57-48)39-29-17-6-18-30-39/h1-33H,(H,52,55)(H,53,56)(H,54,57). The number of aromatic amines is 3. The first-order valence-corrected chi connectivity index (χ1v) is 19.0. The summed E-state index contributed by atoms with van der Waals surface area (Å²) in [6.07, 6.45) is 0. The van der Waals surface area contributed by atoms with Gasteiger partial charge >= 0.3 is 0 Å². The fourth-order valence-corrected chi connectivity index (χ4v) is 7.42. The van der Waals surface area contributed by atoms with Gasteiger partial charge in [-0.25, -0.2) is 15.0 Å². The Balaban J connectivity index is 1.26. The quantitative estimate of drug-likeness (QED) is 0.138. The molecule has 0 aliphatic carbocycles. The van der Waals surface area contributed by atoms with Gasteiger partial charge in [-0.1, -0.05) is 182 Å². The van der Waals surface area contributed by atoms with Crippen LogP contribution in [0.3, 0.4) is 0 Å². The molecule has 270 valence electrons. The maximum absolute atomic E-state index is 5.36. The smallest absolute Gasteiger partial charge is 0.138 e. The second-order valence-corrected chi connectivity index (χ2v) is 13.9. The summed E-state index contributed by atoms with van der Waals surface area (Å²) in [5.74, 6) is 2.39. The molecule has 0 fully saturated rings. The van der Waals surface area contributed by atoms with Crippen LogP contribution in [-0.4, -0.2) is 29.9 Å². The van der Waals surface area contributed by atoms with Gasteiger partial charge in [0.15, 0.2) is 0 Å². The number of nitrogens with zero attached hydrogens (tertiary/aromatic N) is 3. The monoisotopic (exact) mass is 732 g/mol. The van der Waals surface area contributed by atoms with Gasteiger partial charge in [-0.05, 0) is 18.2 Å². The van der Waals surface area contributed by atoms with Gasteiger partial charge < -0.3 is 15.0 Å². The number of benzene rings is 7. The Morgan fingerprint density at radius 1 is 0.228 bits per heavy atom. The average molecular weight is 733 g/mol. The van der Waals surface area contributed by atoms with Crippen LogP contribution >= 0.6 is 0 Å².